The standard InChI is InChI=1S/C45H47BrO7/c1-31-24-38(46)25-32(2)40(31)42(52-33(3)47)45-44(51-29-37-22-14-7-15-23-37)43(50-28-36-20-12-6-13-21-36)41(49-27-35-18-10-5-11-19-35)39(53-45)30-48-26-34-16-8-4-9-17-34/h4-25,39,41-45H,26-30H2,1-3H3/t39-,41-,42+,43+,44+,45-/m1/s1. The molecule has 8 heteroatoms. The van der Waals surface area contributed by atoms with E-state index in [1.807, 2.05) is 147 Å². The van der Waals surface area contributed by atoms with Gasteiger partial charge in [0.1, 0.15) is 30.5 Å². The molecule has 5 aromatic carbocycles. The molecule has 276 valence electrons. The van der Waals surface area contributed by atoms with Gasteiger partial charge in [-0.1, -0.05) is 137 Å². The second kappa shape index (κ2) is 19.3. The first-order chi connectivity index (χ1) is 25.9. The zero-order valence-corrected chi connectivity index (χ0v) is 32.0. The largest absolute Gasteiger partial charge is 0.455 e. The smallest absolute Gasteiger partial charge is 0.303 e. The van der Waals surface area contributed by atoms with Gasteiger partial charge in [-0.2, -0.15) is 0 Å². The molecule has 5 aromatic rings. The Balaban J connectivity index is 1.43. The van der Waals surface area contributed by atoms with Crippen LogP contribution < -0.4 is 0 Å². The van der Waals surface area contributed by atoms with Crippen molar-refractivity contribution in [1.29, 1.82) is 0 Å². The minimum absolute atomic E-state index is 0.201. The number of aryl methyl sites for hydroxylation is 2. The second-order valence-electron chi connectivity index (χ2n) is 13.4. The molecule has 0 aliphatic carbocycles. The lowest BCUT2D eigenvalue weighted by Crippen LogP contribution is -2.62. The average molecular weight is 780 g/mol. The van der Waals surface area contributed by atoms with E-state index >= 15 is 0 Å². The number of carbonyl (C=O) groups is 1. The Hall–Kier alpha value is -4.15. The molecular weight excluding hydrogens is 732 g/mol. The van der Waals surface area contributed by atoms with Gasteiger partial charge in [0.25, 0.3) is 0 Å². The third-order valence-electron chi connectivity index (χ3n) is 9.35. The lowest BCUT2D eigenvalue weighted by Gasteiger charge is -2.48. The highest BCUT2D eigenvalue weighted by molar-refractivity contribution is 9.10. The highest BCUT2D eigenvalue weighted by Gasteiger charge is 2.52. The molecule has 0 unspecified atom stereocenters. The molecule has 0 aromatic heterocycles. The van der Waals surface area contributed by atoms with Crippen molar-refractivity contribution in [3.63, 3.8) is 0 Å². The summed E-state index contributed by atoms with van der Waals surface area (Å²) in [6.07, 6.45) is -4.21. The summed E-state index contributed by atoms with van der Waals surface area (Å²) in [5.41, 5.74) is 6.82. The molecule has 0 bridgehead atoms. The number of ether oxygens (including phenoxy) is 6. The van der Waals surface area contributed by atoms with Gasteiger partial charge in [0.15, 0.2) is 6.10 Å². The van der Waals surface area contributed by atoms with Crippen molar-refractivity contribution in [3.8, 4) is 0 Å². The van der Waals surface area contributed by atoms with Crippen LogP contribution in [0.25, 0.3) is 0 Å². The Kier molecular flexibility index (Phi) is 14.0. The summed E-state index contributed by atoms with van der Waals surface area (Å²) in [5.74, 6) is -0.428. The second-order valence-corrected chi connectivity index (χ2v) is 14.3. The van der Waals surface area contributed by atoms with Crippen molar-refractivity contribution < 1.29 is 33.2 Å². The molecule has 1 saturated heterocycles. The van der Waals surface area contributed by atoms with E-state index in [9.17, 15) is 4.79 Å². The van der Waals surface area contributed by atoms with Gasteiger partial charge >= 0.3 is 5.97 Å². The van der Waals surface area contributed by atoms with Gasteiger partial charge in [0.2, 0.25) is 0 Å². The van der Waals surface area contributed by atoms with E-state index in [0.717, 1.165) is 43.4 Å². The third kappa shape index (κ3) is 10.7. The maximum Gasteiger partial charge on any atom is 0.303 e. The predicted octanol–water partition coefficient (Wildman–Crippen LogP) is 9.41. The fourth-order valence-corrected chi connectivity index (χ4v) is 7.60. The minimum atomic E-state index is -0.823. The first-order valence-corrected chi connectivity index (χ1v) is 18.8. The quantitative estimate of drug-likeness (QED) is 0.0925. The number of carbonyl (C=O) groups excluding carboxylic acids is 1. The van der Waals surface area contributed by atoms with E-state index in [-0.39, 0.29) is 13.2 Å². The fourth-order valence-electron chi connectivity index (χ4n) is 6.91. The number of rotatable bonds is 16. The summed E-state index contributed by atoms with van der Waals surface area (Å²) in [6.45, 7) is 6.95. The maximum absolute atomic E-state index is 13.0. The van der Waals surface area contributed by atoms with E-state index in [0.29, 0.717) is 19.8 Å². The number of esters is 1. The molecular formula is C45H47BrO7. The van der Waals surface area contributed by atoms with Crippen molar-refractivity contribution in [1.82, 2.24) is 0 Å². The first-order valence-electron chi connectivity index (χ1n) is 18.0. The molecule has 0 N–H and O–H groups in total. The van der Waals surface area contributed by atoms with Crippen LogP contribution in [0.4, 0.5) is 0 Å². The van der Waals surface area contributed by atoms with Crippen molar-refractivity contribution in [3.05, 3.63) is 177 Å². The zero-order chi connectivity index (χ0) is 37.0. The molecule has 6 rings (SSSR count). The van der Waals surface area contributed by atoms with E-state index in [4.69, 9.17) is 28.4 Å². The van der Waals surface area contributed by atoms with E-state index in [1.54, 1.807) is 0 Å². The van der Waals surface area contributed by atoms with Gasteiger partial charge in [0.05, 0.1) is 33.0 Å². The number of benzene rings is 5. The number of halogens is 1. The van der Waals surface area contributed by atoms with Crippen LogP contribution in [0, 0.1) is 13.8 Å². The monoisotopic (exact) mass is 778 g/mol. The highest BCUT2D eigenvalue weighted by Crippen LogP contribution is 2.40. The Morgan fingerprint density at radius 2 is 1.04 bits per heavy atom. The molecule has 6 atom stereocenters. The van der Waals surface area contributed by atoms with Gasteiger partial charge in [-0.3, -0.25) is 4.79 Å². The predicted molar refractivity (Wildman–Crippen MR) is 208 cm³/mol. The normalized spacial score (nSPS) is 20.5. The molecule has 1 heterocycles. The zero-order valence-electron chi connectivity index (χ0n) is 30.4. The van der Waals surface area contributed by atoms with Crippen LogP contribution in [0.5, 0.6) is 0 Å². The summed E-state index contributed by atoms with van der Waals surface area (Å²) in [7, 11) is 0. The molecule has 0 saturated carbocycles. The van der Waals surface area contributed by atoms with Crippen molar-refractivity contribution >= 4 is 21.9 Å². The topological polar surface area (TPSA) is 72.5 Å². The van der Waals surface area contributed by atoms with Crippen molar-refractivity contribution in [2.24, 2.45) is 0 Å². The van der Waals surface area contributed by atoms with Gasteiger partial charge in [-0.15, -0.1) is 0 Å². The maximum atomic E-state index is 13.0. The highest BCUT2D eigenvalue weighted by atomic mass is 79.9. The molecule has 7 nitrogen and oxygen atoms in total. The van der Waals surface area contributed by atoms with Gasteiger partial charge in [-0.05, 0) is 59.4 Å². The molecule has 1 aliphatic heterocycles. The van der Waals surface area contributed by atoms with Gasteiger partial charge in [-0.25, -0.2) is 0 Å². The SMILES string of the molecule is CC(=O)O[C@@H](c1c(C)cc(Br)cc1C)[C@H]1O[C@H](COCc2ccccc2)[C@@H](OCc2ccccc2)[C@H](OCc2ccccc2)[C@@H]1OCc1ccccc1. The van der Waals surface area contributed by atoms with Crippen LogP contribution in [0.3, 0.4) is 0 Å². The molecule has 1 fully saturated rings. The summed E-state index contributed by atoms with van der Waals surface area (Å²) < 4.78 is 41.4. The molecule has 53 heavy (non-hydrogen) atoms. The number of hydrogen-bond acceptors (Lipinski definition) is 7. The van der Waals surface area contributed by atoms with Gasteiger partial charge in [0, 0.05) is 17.0 Å². The molecule has 0 amide bonds. The Morgan fingerprint density at radius 3 is 1.49 bits per heavy atom. The van der Waals surface area contributed by atoms with E-state index in [1.165, 1.54) is 6.92 Å². The Labute approximate surface area is 321 Å². The average Bonchev–Trinajstić information content (AvgIpc) is 3.16. The van der Waals surface area contributed by atoms with E-state index < -0.39 is 42.6 Å². The van der Waals surface area contributed by atoms with E-state index in [2.05, 4.69) is 15.9 Å². The van der Waals surface area contributed by atoms with Crippen molar-refractivity contribution in [2.75, 3.05) is 6.61 Å². The van der Waals surface area contributed by atoms with Crippen LogP contribution in [-0.4, -0.2) is 43.1 Å². The van der Waals surface area contributed by atoms with Gasteiger partial charge < -0.3 is 28.4 Å². The number of hydrogen-bond donors (Lipinski definition) is 0. The summed E-state index contributed by atoms with van der Waals surface area (Å²) in [6, 6.07) is 44.2. The van der Waals surface area contributed by atoms with Crippen LogP contribution in [0.2, 0.25) is 0 Å². The minimum Gasteiger partial charge on any atom is -0.455 e. The molecule has 1 aliphatic rings. The van der Waals surface area contributed by atoms with Crippen LogP contribution in [-0.2, 0) is 59.6 Å². The van der Waals surface area contributed by atoms with Crippen LogP contribution in [0.1, 0.15) is 52.0 Å². The summed E-state index contributed by atoms with van der Waals surface area (Å²) >= 11 is 3.64. The van der Waals surface area contributed by atoms with Crippen LogP contribution in [0.15, 0.2) is 138 Å². The first kappa shape index (κ1) is 38.6. The molecule has 0 radical (unpaired) electrons. The third-order valence-corrected chi connectivity index (χ3v) is 9.81. The Bertz CT molecular complexity index is 1830. The molecule has 0 spiro atoms. The lowest BCUT2D eigenvalue weighted by atomic mass is 9.86. The summed E-state index contributed by atoms with van der Waals surface area (Å²) in [4.78, 5) is 13.0. The summed E-state index contributed by atoms with van der Waals surface area (Å²) in [5, 5.41) is 0. The van der Waals surface area contributed by atoms with Crippen LogP contribution >= 0.6 is 15.9 Å². The lowest BCUT2D eigenvalue weighted by molar-refractivity contribution is -0.289. The fraction of sp³-hybridized carbons (Fsp3) is 0.311. The Morgan fingerprint density at radius 1 is 0.623 bits per heavy atom. The van der Waals surface area contributed by atoms with Crippen molar-refractivity contribution in [2.45, 2.75) is 83.8 Å².